The quantitative estimate of drug-likeness (QED) is 0.474. The molecular formula is C14H20N3O2+. The number of para-hydroxylation sites is 1. The van der Waals surface area contributed by atoms with Gasteiger partial charge >= 0.3 is 0 Å². The molecular weight excluding hydrogens is 242 g/mol. The lowest BCUT2D eigenvalue weighted by molar-refractivity contribution is -0.705. The third kappa shape index (κ3) is 5.40. The van der Waals surface area contributed by atoms with Crippen LogP contribution in [0.25, 0.3) is 0 Å². The molecule has 0 bridgehead atoms. The highest BCUT2D eigenvalue weighted by Crippen LogP contribution is 2.16. The molecule has 5 heteroatoms. The summed E-state index contributed by atoms with van der Waals surface area (Å²) in [6, 6.07) is 9.04. The Morgan fingerprint density at radius 3 is 2.68 bits per heavy atom. The van der Waals surface area contributed by atoms with Crippen molar-refractivity contribution >= 4 is 5.71 Å². The van der Waals surface area contributed by atoms with Crippen LogP contribution >= 0.6 is 0 Å². The van der Waals surface area contributed by atoms with Crippen molar-refractivity contribution in [1.82, 2.24) is 0 Å². The van der Waals surface area contributed by atoms with Gasteiger partial charge in [-0.3, -0.25) is 0 Å². The number of nitrogens with zero attached hydrogens (tertiary/aromatic N) is 2. The molecule has 0 saturated carbocycles. The van der Waals surface area contributed by atoms with Gasteiger partial charge in [0, 0.05) is 0 Å². The Bertz CT molecular complexity index is 484. The summed E-state index contributed by atoms with van der Waals surface area (Å²) in [4.78, 5) is 0. The molecule has 1 rings (SSSR count). The maximum Gasteiger partial charge on any atom is 0.148 e. The predicted octanol–water partition coefficient (Wildman–Crippen LogP) is 1.13. The molecule has 0 spiro atoms. The average Bonchev–Trinajstić information content (AvgIpc) is 2.38. The van der Waals surface area contributed by atoms with E-state index in [1.165, 1.54) is 0 Å². The van der Waals surface area contributed by atoms with Crippen LogP contribution in [0.2, 0.25) is 0 Å². The van der Waals surface area contributed by atoms with Gasteiger partial charge in [-0.15, -0.1) is 0 Å². The van der Waals surface area contributed by atoms with Crippen molar-refractivity contribution in [1.29, 1.82) is 5.26 Å². The molecule has 0 fully saturated rings. The van der Waals surface area contributed by atoms with E-state index < -0.39 is 0 Å². The molecule has 0 aromatic heterocycles. The van der Waals surface area contributed by atoms with Crippen LogP contribution in [0, 0.1) is 11.3 Å². The molecule has 0 atom stereocenters. The maximum absolute atomic E-state index is 8.95. The number of rotatable bonds is 5. The standard InChI is InChI=1S/C14H19N3O2/c1-14(2,3)16-9-12(17-18)10-19-13-7-5-4-6-11(13)8-15/h4-7,16,18H,9-10H2,1-3H3/p+1/b17-12+. The number of hydrogen-bond donors (Lipinski definition) is 2. The number of benzene rings is 1. The average molecular weight is 262 g/mol. The molecule has 0 aliphatic rings. The number of nitrogens with two attached hydrogens (primary N) is 1. The highest BCUT2D eigenvalue weighted by molar-refractivity contribution is 5.86. The van der Waals surface area contributed by atoms with E-state index in [4.69, 9.17) is 15.2 Å². The van der Waals surface area contributed by atoms with Crippen LogP contribution in [-0.2, 0) is 0 Å². The fourth-order valence-corrected chi connectivity index (χ4v) is 1.40. The Morgan fingerprint density at radius 2 is 2.11 bits per heavy atom. The van der Waals surface area contributed by atoms with Gasteiger partial charge in [-0.1, -0.05) is 17.3 Å². The highest BCUT2D eigenvalue weighted by atomic mass is 16.5. The van der Waals surface area contributed by atoms with Crippen LogP contribution in [0.3, 0.4) is 0 Å². The number of oxime groups is 1. The number of nitriles is 1. The summed E-state index contributed by atoms with van der Waals surface area (Å²) >= 11 is 0. The second-order valence-corrected chi connectivity index (χ2v) is 5.34. The fourth-order valence-electron chi connectivity index (χ4n) is 1.40. The summed E-state index contributed by atoms with van der Waals surface area (Å²) in [5.41, 5.74) is 1.06. The summed E-state index contributed by atoms with van der Waals surface area (Å²) in [6.45, 7) is 6.95. The van der Waals surface area contributed by atoms with E-state index in [1.54, 1.807) is 24.3 Å². The Labute approximate surface area is 113 Å². The van der Waals surface area contributed by atoms with Gasteiger partial charge in [-0.25, -0.2) is 0 Å². The van der Waals surface area contributed by atoms with Crippen molar-refractivity contribution in [3.8, 4) is 11.8 Å². The first-order valence-corrected chi connectivity index (χ1v) is 6.12. The Hall–Kier alpha value is -2.06. The van der Waals surface area contributed by atoms with Gasteiger partial charge in [0.05, 0.1) is 11.1 Å². The number of ether oxygens (including phenoxy) is 1. The molecule has 1 aromatic rings. The van der Waals surface area contributed by atoms with Gasteiger partial charge < -0.3 is 15.3 Å². The minimum atomic E-state index is 0.0561. The normalized spacial score (nSPS) is 12.0. The van der Waals surface area contributed by atoms with E-state index in [2.05, 4.69) is 37.3 Å². The molecule has 1 aromatic carbocycles. The topological polar surface area (TPSA) is 82.2 Å². The summed E-state index contributed by atoms with van der Waals surface area (Å²) in [5, 5.41) is 23.2. The zero-order valence-electron chi connectivity index (χ0n) is 11.6. The van der Waals surface area contributed by atoms with E-state index in [-0.39, 0.29) is 12.1 Å². The molecule has 0 saturated heterocycles. The van der Waals surface area contributed by atoms with Gasteiger partial charge in [-0.2, -0.15) is 5.26 Å². The molecule has 0 aliphatic heterocycles. The van der Waals surface area contributed by atoms with Gasteiger partial charge in [0.25, 0.3) is 0 Å². The number of hydrogen-bond acceptors (Lipinski definition) is 4. The van der Waals surface area contributed by atoms with Gasteiger partial charge in [0.2, 0.25) is 0 Å². The third-order valence-electron chi connectivity index (χ3n) is 2.49. The minimum absolute atomic E-state index is 0.0561. The maximum atomic E-state index is 8.95. The van der Waals surface area contributed by atoms with Crippen LogP contribution < -0.4 is 10.1 Å². The molecule has 5 nitrogen and oxygen atoms in total. The smallest absolute Gasteiger partial charge is 0.148 e. The zero-order valence-corrected chi connectivity index (χ0v) is 11.6. The Kier molecular flexibility index (Phi) is 5.34. The molecule has 102 valence electrons. The molecule has 19 heavy (non-hydrogen) atoms. The second-order valence-electron chi connectivity index (χ2n) is 5.34. The fraction of sp³-hybridized carbons (Fsp3) is 0.429. The lowest BCUT2D eigenvalue weighted by atomic mass is 10.1. The van der Waals surface area contributed by atoms with Crippen molar-refractivity contribution in [2.24, 2.45) is 5.16 Å². The van der Waals surface area contributed by atoms with E-state index in [9.17, 15) is 0 Å². The first kappa shape index (κ1) is 15.0. The molecule has 0 aliphatic carbocycles. The van der Waals surface area contributed by atoms with Crippen LogP contribution in [0.1, 0.15) is 26.3 Å². The Balaban J connectivity index is 2.57. The van der Waals surface area contributed by atoms with Crippen LogP contribution in [0.4, 0.5) is 0 Å². The number of quaternary nitrogens is 1. The summed E-state index contributed by atoms with van der Waals surface area (Å²) in [5.74, 6) is 0.502. The minimum Gasteiger partial charge on any atom is -0.486 e. The van der Waals surface area contributed by atoms with Crippen molar-refractivity contribution in [3.05, 3.63) is 29.8 Å². The molecule has 0 amide bonds. The van der Waals surface area contributed by atoms with Crippen LogP contribution in [-0.4, -0.2) is 29.6 Å². The summed E-state index contributed by atoms with van der Waals surface area (Å²) in [6.07, 6.45) is 0. The lowest BCUT2D eigenvalue weighted by Crippen LogP contribution is -2.95. The summed E-state index contributed by atoms with van der Waals surface area (Å²) < 4.78 is 5.51. The van der Waals surface area contributed by atoms with E-state index >= 15 is 0 Å². The molecule has 0 heterocycles. The Morgan fingerprint density at radius 1 is 1.42 bits per heavy atom. The van der Waals surface area contributed by atoms with Crippen molar-refractivity contribution < 1.29 is 15.3 Å². The summed E-state index contributed by atoms with van der Waals surface area (Å²) in [7, 11) is 0. The van der Waals surface area contributed by atoms with E-state index in [0.717, 1.165) is 0 Å². The van der Waals surface area contributed by atoms with Gasteiger partial charge in [0.15, 0.2) is 0 Å². The van der Waals surface area contributed by atoms with Crippen molar-refractivity contribution in [3.63, 3.8) is 0 Å². The molecule has 3 N–H and O–H groups in total. The third-order valence-corrected chi connectivity index (χ3v) is 2.49. The predicted molar refractivity (Wildman–Crippen MR) is 72.4 cm³/mol. The lowest BCUT2D eigenvalue weighted by Gasteiger charge is -2.17. The molecule has 0 radical (unpaired) electrons. The highest BCUT2D eigenvalue weighted by Gasteiger charge is 2.15. The van der Waals surface area contributed by atoms with E-state index in [0.29, 0.717) is 23.6 Å². The van der Waals surface area contributed by atoms with Crippen molar-refractivity contribution in [2.75, 3.05) is 13.2 Å². The first-order chi connectivity index (χ1) is 8.96. The monoisotopic (exact) mass is 262 g/mol. The largest absolute Gasteiger partial charge is 0.486 e. The zero-order chi connectivity index (χ0) is 14.3. The van der Waals surface area contributed by atoms with Crippen LogP contribution in [0.5, 0.6) is 5.75 Å². The molecule has 0 unspecified atom stereocenters. The first-order valence-electron chi connectivity index (χ1n) is 6.12. The van der Waals surface area contributed by atoms with Gasteiger partial charge in [0.1, 0.15) is 30.7 Å². The van der Waals surface area contributed by atoms with Gasteiger partial charge in [-0.05, 0) is 32.9 Å². The van der Waals surface area contributed by atoms with Crippen molar-refractivity contribution in [2.45, 2.75) is 26.3 Å². The SMILES string of the molecule is CC(C)(C)[NH2+]C/C(COc1ccccc1C#N)=N\O. The van der Waals surface area contributed by atoms with E-state index in [1.807, 2.05) is 0 Å². The second kappa shape index (κ2) is 6.76. The van der Waals surface area contributed by atoms with Crippen LogP contribution in [0.15, 0.2) is 29.4 Å².